The van der Waals surface area contributed by atoms with Gasteiger partial charge in [0.05, 0.1) is 6.04 Å². The summed E-state index contributed by atoms with van der Waals surface area (Å²) in [5, 5.41) is 0. The molecule has 1 N–H and O–H groups in total. The van der Waals surface area contributed by atoms with Crippen LogP contribution in [-0.2, 0) is 13.1 Å². The standard InChI is InChI=1S/C21H26N2/c1-3-9-18(10-4-1)15-22-17-23(16-19-11-5-2-6-12-19)21-14-8-7-13-20(21)22/h1-6,9-12,20-21H,7-8,13-17H2/p+1. The van der Waals surface area contributed by atoms with Gasteiger partial charge < -0.3 is 4.90 Å². The lowest BCUT2D eigenvalue weighted by Crippen LogP contribution is -3.13. The Morgan fingerprint density at radius 2 is 1.48 bits per heavy atom. The minimum Gasteiger partial charge on any atom is -0.315 e. The van der Waals surface area contributed by atoms with E-state index in [4.69, 9.17) is 0 Å². The Kier molecular flexibility index (Phi) is 4.45. The van der Waals surface area contributed by atoms with Crippen molar-refractivity contribution >= 4 is 0 Å². The number of nitrogens with zero attached hydrogens (tertiary/aromatic N) is 1. The molecule has 1 aliphatic carbocycles. The van der Waals surface area contributed by atoms with Crippen molar-refractivity contribution in [1.29, 1.82) is 0 Å². The predicted molar refractivity (Wildman–Crippen MR) is 94.0 cm³/mol. The Labute approximate surface area is 139 Å². The third-order valence-electron chi connectivity index (χ3n) is 5.63. The highest BCUT2D eigenvalue weighted by molar-refractivity contribution is 5.15. The summed E-state index contributed by atoms with van der Waals surface area (Å²) in [6.45, 7) is 3.48. The van der Waals surface area contributed by atoms with Crippen LogP contribution in [0.3, 0.4) is 0 Å². The number of quaternary nitrogens is 1. The second kappa shape index (κ2) is 6.86. The molecular formula is C21H27N2+. The van der Waals surface area contributed by atoms with E-state index >= 15 is 0 Å². The fourth-order valence-electron chi connectivity index (χ4n) is 4.56. The average molecular weight is 307 g/mol. The zero-order valence-corrected chi connectivity index (χ0v) is 13.8. The molecule has 0 radical (unpaired) electrons. The molecule has 2 fully saturated rings. The van der Waals surface area contributed by atoms with E-state index in [-0.39, 0.29) is 0 Å². The monoisotopic (exact) mass is 307 g/mol. The molecule has 0 amide bonds. The number of fused-ring (bicyclic) bond motifs is 1. The van der Waals surface area contributed by atoms with E-state index < -0.39 is 0 Å². The summed E-state index contributed by atoms with van der Waals surface area (Å²) in [7, 11) is 0. The van der Waals surface area contributed by atoms with Gasteiger partial charge in [-0.15, -0.1) is 0 Å². The SMILES string of the molecule is c1ccc(CN2C[NH+](Cc3ccccc3)C3CCCCC32)cc1. The van der Waals surface area contributed by atoms with Gasteiger partial charge in [0.1, 0.15) is 19.3 Å². The first kappa shape index (κ1) is 14.9. The van der Waals surface area contributed by atoms with E-state index in [1.54, 1.807) is 4.90 Å². The van der Waals surface area contributed by atoms with Gasteiger partial charge in [-0.2, -0.15) is 0 Å². The number of hydrogen-bond donors (Lipinski definition) is 1. The molecule has 2 aromatic rings. The molecule has 0 spiro atoms. The van der Waals surface area contributed by atoms with E-state index in [2.05, 4.69) is 65.6 Å². The minimum atomic E-state index is 0.780. The van der Waals surface area contributed by atoms with Crippen LogP contribution in [0.15, 0.2) is 60.7 Å². The van der Waals surface area contributed by atoms with Gasteiger partial charge in [-0.3, -0.25) is 0 Å². The van der Waals surface area contributed by atoms with Crippen molar-refractivity contribution in [2.75, 3.05) is 6.67 Å². The van der Waals surface area contributed by atoms with Crippen LogP contribution in [0.4, 0.5) is 0 Å². The molecule has 1 saturated carbocycles. The number of rotatable bonds is 4. The third-order valence-corrected chi connectivity index (χ3v) is 5.63. The smallest absolute Gasteiger partial charge is 0.134 e. The van der Waals surface area contributed by atoms with E-state index in [1.165, 1.54) is 50.0 Å². The zero-order chi connectivity index (χ0) is 15.5. The van der Waals surface area contributed by atoms with Crippen molar-refractivity contribution in [1.82, 2.24) is 4.90 Å². The number of benzene rings is 2. The van der Waals surface area contributed by atoms with Gasteiger partial charge in [-0.25, -0.2) is 4.90 Å². The Morgan fingerprint density at radius 3 is 2.22 bits per heavy atom. The van der Waals surface area contributed by atoms with Crippen LogP contribution < -0.4 is 4.90 Å². The number of nitrogens with one attached hydrogen (secondary N) is 1. The first-order chi connectivity index (χ1) is 11.4. The van der Waals surface area contributed by atoms with Gasteiger partial charge in [0, 0.05) is 18.5 Å². The second-order valence-electron chi connectivity index (χ2n) is 7.17. The van der Waals surface area contributed by atoms with Gasteiger partial charge in [0.25, 0.3) is 0 Å². The van der Waals surface area contributed by atoms with E-state index in [0.717, 1.165) is 18.6 Å². The first-order valence-electron chi connectivity index (χ1n) is 9.06. The molecule has 2 aliphatic rings. The zero-order valence-electron chi connectivity index (χ0n) is 13.8. The minimum absolute atomic E-state index is 0.780. The highest BCUT2D eigenvalue weighted by Gasteiger charge is 2.44. The molecule has 2 nitrogen and oxygen atoms in total. The Morgan fingerprint density at radius 1 is 0.826 bits per heavy atom. The van der Waals surface area contributed by atoms with Crippen molar-refractivity contribution < 1.29 is 4.90 Å². The number of hydrogen-bond acceptors (Lipinski definition) is 1. The Hall–Kier alpha value is -1.64. The lowest BCUT2D eigenvalue weighted by Gasteiger charge is -2.29. The Bertz CT molecular complexity index is 555. The average Bonchev–Trinajstić information content (AvgIpc) is 2.95. The Balaban J connectivity index is 1.50. The van der Waals surface area contributed by atoms with Gasteiger partial charge in [-0.1, -0.05) is 67.1 Å². The molecule has 23 heavy (non-hydrogen) atoms. The van der Waals surface area contributed by atoms with Crippen LogP contribution in [0.25, 0.3) is 0 Å². The van der Waals surface area contributed by atoms with Crippen molar-refractivity contribution in [3.8, 4) is 0 Å². The molecule has 2 heteroatoms. The van der Waals surface area contributed by atoms with Crippen molar-refractivity contribution in [2.24, 2.45) is 0 Å². The summed E-state index contributed by atoms with van der Waals surface area (Å²) in [4.78, 5) is 4.52. The highest BCUT2D eigenvalue weighted by Crippen LogP contribution is 2.26. The first-order valence-corrected chi connectivity index (χ1v) is 9.06. The molecule has 2 aromatic carbocycles. The molecule has 1 saturated heterocycles. The molecule has 4 rings (SSSR count). The quantitative estimate of drug-likeness (QED) is 0.913. The summed E-state index contributed by atoms with van der Waals surface area (Å²) in [5.41, 5.74) is 2.94. The van der Waals surface area contributed by atoms with E-state index in [9.17, 15) is 0 Å². The molecular weight excluding hydrogens is 280 g/mol. The lowest BCUT2D eigenvalue weighted by molar-refractivity contribution is -0.931. The van der Waals surface area contributed by atoms with E-state index in [1.807, 2.05) is 0 Å². The summed E-state index contributed by atoms with van der Waals surface area (Å²) in [5.74, 6) is 0. The maximum atomic E-state index is 2.75. The summed E-state index contributed by atoms with van der Waals surface area (Å²) in [6, 6.07) is 23.6. The van der Waals surface area contributed by atoms with Crippen LogP contribution in [0, 0.1) is 0 Å². The maximum absolute atomic E-state index is 2.75. The highest BCUT2D eigenvalue weighted by atomic mass is 15.4. The van der Waals surface area contributed by atoms with Gasteiger partial charge in [0.15, 0.2) is 0 Å². The molecule has 0 bridgehead atoms. The molecule has 1 aliphatic heterocycles. The van der Waals surface area contributed by atoms with Crippen molar-refractivity contribution in [3.63, 3.8) is 0 Å². The molecule has 120 valence electrons. The second-order valence-corrected chi connectivity index (χ2v) is 7.17. The van der Waals surface area contributed by atoms with Crippen molar-refractivity contribution in [3.05, 3.63) is 71.8 Å². The van der Waals surface area contributed by atoms with Gasteiger partial charge in [0.2, 0.25) is 0 Å². The van der Waals surface area contributed by atoms with Crippen LogP contribution in [0.2, 0.25) is 0 Å². The van der Waals surface area contributed by atoms with E-state index in [0.29, 0.717) is 0 Å². The molecule has 0 aromatic heterocycles. The summed E-state index contributed by atoms with van der Waals surface area (Å²) >= 11 is 0. The maximum Gasteiger partial charge on any atom is 0.134 e. The third kappa shape index (κ3) is 3.34. The van der Waals surface area contributed by atoms with Gasteiger partial charge in [-0.05, 0) is 18.4 Å². The molecule has 1 heterocycles. The fraction of sp³-hybridized carbons (Fsp3) is 0.429. The van der Waals surface area contributed by atoms with Crippen LogP contribution in [0.5, 0.6) is 0 Å². The van der Waals surface area contributed by atoms with Gasteiger partial charge >= 0.3 is 0 Å². The normalized spacial score (nSPS) is 27.7. The van der Waals surface area contributed by atoms with Crippen LogP contribution >= 0.6 is 0 Å². The molecule has 3 unspecified atom stereocenters. The van der Waals surface area contributed by atoms with Crippen LogP contribution in [0.1, 0.15) is 36.8 Å². The topological polar surface area (TPSA) is 7.68 Å². The molecule has 3 atom stereocenters. The van der Waals surface area contributed by atoms with Crippen LogP contribution in [-0.4, -0.2) is 23.7 Å². The summed E-state index contributed by atoms with van der Waals surface area (Å²) in [6.07, 6.45) is 5.61. The summed E-state index contributed by atoms with van der Waals surface area (Å²) < 4.78 is 0. The lowest BCUT2D eigenvalue weighted by atomic mass is 9.90. The largest absolute Gasteiger partial charge is 0.315 e. The van der Waals surface area contributed by atoms with Crippen molar-refractivity contribution in [2.45, 2.75) is 50.9 Å². The predicted octanol–water partition coefficient (Wildman–Crippen LogP) is 2.86. The fourth-order valence-corrected chi connectivity index (χ4v) is 4.56.